The second-order valence-electron chi connectivity index (χ2n) is 4.25. The lowest BCUT2D eigenvalue weighted by atomic mass is 10.1. The van der Waals surface area contributed by atoms with Crippen LogP contribution in [0, 0.1) is 5.82 Å². The van der Waals surface area contributed by atoms with Crippen LogP contribution in [0.5, 0.6) is 5.75 Å². The number of unbranched alkanes of at least 4 members (excludes halogenated alkanes) is 1. The molecule has 0 fully saturated rings. The van der Waals surface area contributed by atoms with E-state index in [-0.39, 0.29) is 11.9 Å². The van der Waals surface area contributed by atoms with E-state index < -0.39 is 0 Å². The van der Waals surface area contributed by atoms with Crippen molar-refractivity contribution < 1.29 is 13.9 Å². The molecule has 1 aromatic carbocycles. The molecule has 0 aliphatic carbocycles. The second kappa shape index (κ2) is 8.06. The fraction of sp³-hybridized carbons (Fsp3) is 0.571. The quantitative estimate of drug-likeness (QED) is 0.726. The highest BCUT2D eigenvalue weighted by atomic mass is 19.1. The van der Waals surface area contributed by atoms with Crippen LogP contribution in [0.2, 0.25) is 0 Å². The molecule has 0 aliphatic rings. The number of hydrogen-bond donors (Lipinski definition) is 1. The Kier molecular flexibility index (Phi) is 6.68. The molecule has 0 bridgehead atoms. The Hall–Kier alpha value is -1.13. The van der Waals surface area contributed by atoms with E-state index in [2.05, 4.69) is 6.92 Å². The molecular formula is C14H22FNO2. The van der Waals surface area contributed by atoms with Gasteiger partial charge in [0, 0.05) is 18.2 Å². The van der Waals surface area contributed by atoms with Crippen LogP contribution >= 0.6 is 0 Å². The molecule has 0 saturated heterocycles. The Morgan fingerprint density at radius 1 is 1.28 bits per heavy atom. The van der Waals surface area contributed by atoms with Gasteiger partial charge in [-0.3, -0.25) is 0 Å². The van der Waals surface area contributed by atoms with Crippen molar-refractivity contribution >= 4 is 0 Å². The van der Waals surface area contributed by atoms with Crippen molar-refractivity contribution in [3.8, 4) is 5.75 Å². The second-order valence-corrected chi connectivity index (χ2v) is 4.25. The van der Waals surface area contributed by atoms with E-state index >= 15 is 0 Å². The van der Waals surface area contributed by atoms with Crippen molar-refractivity contribution in [2.24, 2.45) is 5.73 Å². The van der Waals surface area contributed by atoms with Crippen LogP contribution in [0.25, 0.3) is 0 Å². The van der Waals surface area contributed by atoms with Gasteiger partial charge in [0.05, 0.1) is 6.61 Å². The lowest BCUT2D eigenvalue weighted by molar-refractivity contribution is 0.0974. The monoisotopic (exact) mass is 255 g/mol. The predicted molar refractivity (Wildman–Crippen MR) is 70.2 cm³/mol. The lowest BCUT2D eigenvalue weighted by Crippen LogP contribution is -2.13. The Labute approximate surface area is 108 Å². The van der Waals surface area contributed by atoms with Gasteiger partial charge in [-0.25, -0.2) is 4.39 Å². The zero-order chi connectivity index (χ0) is 13.4. The summed E-state index contributed by atoms with van der Waals surface area (Å²) in [4.78, 5) is 0. The third-order valence-electron chi connectivity index (χ3n) is 2.60. The Balaban J connectivity index is 2.44. The molecule has 0 saturated carbocycles. The molecule has 2 N–H and O–H groups in total. The first kappa shape index (κ1) is 14.9. The van der Waals surface area contributed by atoms with E-state index in [1.807, 2.05) is 0 Å². The summed E-state index contributed by atoms with van der Waals surface area (Å²) < 4.78 is 24.5. The molecule has 3 nitrogen and oxygen atoms in total. The van der Waals surface area contributed by atoms with E-state index in [1.165, 1.54) is 6.07 Å². The SMILES string of the molecule is CCCCOCCOc1cccc(F)c1C(C)N. The van der Waals surface area contributed by atoms with Gasteiger partial charge in [0.25, 0.3) is 0 Å². The fourth-order valence-electron chi connectivity index (χ4n) is 1.64. The number of hydrogen-bond acceptors (Lipinski definition) is 3. The zero-order valence-electron chi connectivity index (χ0n) is 11.1. The van der Waals surface area contributed by atoms with Crippen LogP contribution in [0.3, 0.4) is 0 Å². The third kappa shape index (κ3) is 4.63. The summed E-state index contributed by atoms with van der Waals surface area (Å²) in [7, 11) is 0. The predicted octanol–water partition coefficient (Wildman–Crippen LogP) is 3.04. The lowest BCUT2D eigenvalue weighted by Gasteiger charge is -2.14. The van der Waals surface area contributed by atoms with Crippen molar-refractivity contribution in [3.05, 3.63) is 29.6 Å². The van der Waals surface area contributed by atoms with Crippen molar-refractivity contribution in [1.82, 2.24) is 0 Å². The van der Waals surface area contributed by atoms with Gasteiger partial charge in [-0.2, -0.15) is 0 Å². The van der Waals surface area contributed by atoms with Gasteiger partial charge in [-0.15, -0.1) is 0 Å². The Bertz CT molecular complexity index is 356. The maximum atomic E-state index is 13.6. The number of rotatable bonds is 8. The molecule has 18 heavy (non-hydrogen) atoms. The molecule has 0 spiro atoms. The van der Waals surface area contributed by atoms with Crippen molar-refractivity contribution in [2.75, 3.05) is 19.8 Å². The van der Waals surface area contributed by atoms with E-state index in [4.69, 9.17) is 15.2 Å². The van der Waals surface area contributed by atoms with Crippen LogP contribution in [0.1, 0.15) is 38.3 Å². The van der Waals surface area contributed by atoms with E-state index in [0.29, 0.717) is 24.5 Å². The fourth-order valence-corrected chi connectivity index (χ4v) is 1.64. The van der Waals surface area contributed by atoms with Gasteiger partial charge in [-0.05, 0) is 25.5 Å². The van der Waals surface area contributed by atoms with Crippen LogP contribution < -0.4 is 10.5 Å². The van der Waals surface area contributed by atoms with Crippen LogP contribution in [-0.2, 0) is 4.74 Å². The van der Waals surface area contributed by atoms with Gasteiger partial charge >= 0.3 is 0 Å². The molecule has 4 heteroatoms. The van der Waals surface area contributed by atoms with Crippen molar-refractivity contribution in [1.29, 1.82) is 0 Å². The molecule has 102 valence electrons. The molecule has 0 aromatic heterocycles. The van der Waals surface area contributed by atoms with Crippen LogP contribution in [0.4, 0.5) is 4.39 Å². The Morgan fingerprint density at radius 2 is 2.06 bits per heavy atom. The molecular weight excluding hydrogens is 233 g/mol. The topological polar surface area (TPSA) is 44.5 Å². The molecule has 1 aromatic rings. The first-order valence-corrected chi connectivity index (χ1v) is 6.41. The summed E-state index contributed by atoms with van der Waals surface area (Å²) in [5.74, 6) is 0.179. The summed E-state index contributed by atoms with van der Waals surface area (Å²) in [5.41, 5.74) is 6.16. The van der Waals surface area contributed by atoms with E-state index in [1.54, 1.807) is 19.1 Å². The normalized spacial score (nSPS) is 12.4. The number of halogens is 1. The minimum absolute atomic E-state index is 0.325. The van der Waals surface area contributed by atoms with E-state index in [0.717, 1.165) is 19.4 Å². The van der Waals surface area contributed by atoms with Crippen LogP contribution in [0.15, 0.2) is 18.2 Å². The maximum Gasteiger partial charge on any atom is 0.131 e. The minimum atomic E-state index is -0.387. The van der Waals surface area contributed by atoms with Crippen molar-refractivity contribution in [3.63, 3.8) is 0 Å². The smallest absolute Gasteiger partial charge is 0.131 e. The largest absolute Gasteiger partial charge is 0.491 e. The molecule has 0 amide bonds. The molecule has 1 unspecified atom stereocenters. The summed E-state index contributed by atoms with van der Waals surface area (Å²) in [6.07, 6.45) is 2.16. The molecule has 1 atom stereocenters. The maximum absolute atomic E-state index is 13.6. The third-order valence-corrected chi connectivity index (χ3v) is 2.60. The standard InChI is InChI=1S/C14H22FNO2/c1-3-4-8-17-9-10-18-13-7-5-6-12(15)14(13)11(2)16/h5-7,11H,3-4,8-10,16H2,1-2H3. The summed E-state index contributed by atoms with van der Waals surface area (Å²) in [5, 5.41) is 0. The molecule has 0 heterocycles. The van der Waals surface area contributed by atoms with Gasteiger partial charge in [0.1, 0.15) is 18.2 Å². The first-order valence-electron chi connectivity index (χ1n) is 6.41. The molecule has 1 rings (SSSR count). The zero-order valence-corrected chi connectivity index (χ0v) is 11.1. The average molecular weight is 255 g/mol. The highest BCUT2D eigenvalue weighted by Crippen LogP contribution is 2.26. The number of nitrogens with two attached hydrogens (primary N) is 1. The highest BCUT2D eigenvalue weighted by molar-refractivity contribution is 5.36. The van der Waals surface area contributed by atoms with Gasteiger partial charge in [-0.1, -0.05) is 19.4 Å². The summed E-state index contributed by atoms with van der Waals surface area (Å²) >= 11 is 0. The van der Waals surface area contributed by atoms with Gasteiger partial charge < -0.3 is 15.2 Å². The molecule has 0 radical (unpaired) electrons. The van der Waals surface area contributed by atoms with Gasteiger partial charge in [0.2, 0.25) is 0 Å². The molecule has 0 aliphatic heterocycles. The summed E-state index contributed by atoms with van der Waals surface area (Å²) in [6.45, 7) is 5.51. The first-order chi connectivity index (χ1) is 8.66. The van der Waals surface area contributed by atoms with Gasteiger partial charge in [0.15, 0.2) is 0 Å². The highest BCUT2D eigenvalue weighted by Gasteiger charge is 2.13. The van der Waals surface area contributed by atoms with Crippen LogP contribution in [-0.4, -0.2) is 19.8 Å². The number of benzene rings is 1. The Morgan fingerprint density at radius 3 is 2.72 bits per heavy atom. The van der Waals surface area contributed by atoms with E-state index in [9.17, 15) is 4.39 Å². The number of ether oxygens (including phenoxy) is 2. The minimum Gasteiger partial charge on any atom is -0.491 e. The average Bonchev–Trinajstić information content (AvgIpc) is 2.33. The van der Waals surface area contributed by atoms with Crippen molar-refractivity contribution in [2.45, 2.75) is 32.7 Å². The summed E-state index contributed by atoms with van der Waals surface area (Å²) in [6, 6.07) is 4.35.